The fraction of sp³-hybridized carbons (Fsp3) is 0.391. The molecule has 1 aliphatic rings. The van der Waals surface area contributed by atoms with E-state index in [0.717, 1.165) is 38.0 Å². The van der Waals surface area contributed by atoms with Crippen molar-refractivity contribution in [1.29, 1.82) is 0 Å². The second kappa shape index (κ2) is 10.7. The van der Waals surface area contributed by atoms with Crippen molar-refractivity contribution >= 4 is 52.2 Å². The molecule has 0 aliphatic carbocycles. The number of piperidine rings is 1. The summed E-state index contributed by atoms with van der Waals surface area (Å²) < 4.78 is 0. The van der Waals surface area contributed by atoms with Gasteiger partial charge < -0.3 is 20.9 Å². The summed E-state index contributed by atoms with van der Waals surface area (Å²) in [4.78, 5) is 27.7. The SMILES string of the molecule is CCC(C)NC(=O)c1cc(NC(=O)Nc2ccc(Cl)cc2Cl)ccc1N1CCCCC1. The van der Waals surface area contributed by atoms with Crippen LogP contribution in [0, 0.1) is 0 Å². The van der Waals surface area contributed by atoms with E-state index < -0.39 is 6.03 Å². The third-order valence-electron chi connectivity index (χ3n) is 5.36. The lowest BCUT2D eigenvalue weighted by atomic mass is 10.1. The van der Waals surface area contributed by atoms with Crippen molar-refractivity contribution in [2.24, 2.45) is 0 Å². The van der Waals surface area contributed by atoms with Crippen LogP contribution in [0.1, 0.15) is 49.9 Å². The zero-order valence-corrected chi connectivity index (χ0v) is 19.3. The van der Waals surface area contributed by atoms with E-state index in [1.165, 1.54) is 6.42 Å². The zero-order chi connectivity index (χ0) is 22.4. The second-order valence-corrected chi connectivity index (χ2v) is 8.61. The summed E-state index contributed by atoms with van der Waals surface area (Å²) in [6.07, 6.45) is 4.26. The highest BCUT2D eigenvalue weighted by atomic mass is 35.5. The van der Waals surface area contributed by atoms with Crippen molar-refractivity contribution in [2.75, 3.05) is 28.6 Å². The fourth-order valence-electron chi connectivity index (χ4n) is 3.49. The van der Waals surface area contributed by atoms with E-state index in [0.29, 0.717) is 27.0 Å². The monoisotopic (exact) mass is 462 g/mol. The van der Waals surface area contributed by atoms with Gasteiger partial charge in [-0.25, -0.2) is 4.79 Å². The Bertz CT molecular complexity index is 945. The minimum absolute atomic E-state index is 0.0636. The average molecular weight is 463 g/mol. The Hall–Kier alpha value is -2.44. The molecule has 0 saturated carbocycles. The number of nitrogens with zero attached hydrogens (tertiary/aromatic N) is 1. The van der Waals surface area contributed by atoms with Gasteiger partial charge in [-0.2, -0.15) is 0 Å². The summed E-state index contributed by atoms with van der Waals surface area (Å²) >= 11 is 12.0. The van der Waals surface area contributed by atoms with Crippen LogP contribution in [0.3, 0.4) is 0 Å². The van der Waals surface area contributed by atoms with Gasteiger partial charge in [-0.1, -0.05) is 30.1 Å². The second-order valence-electron chi connectivity index (χ2n) is 7.77. The van der Waals surface area contributed by atoms with Gasteiger partial charge in [-0.05, 0) is 69.0 Å². The maximum atomic E-state index is 13.0. The van der Waals surface area contributed by atoms with Gasteiger partial charge >= 0.3 is 6.03 Å². The Morgan fingerprint density at radius 3 is 2.45 bits per heavy atom. The molecular formula is C23H28Cl2N4O2. The van der Waals surface area contributed by atoms with Crippen LogP contribution in [-0.2, 0) is 0 Å². The molecule has 0 spiro atoms. The lowest BCUT2D eigenvalue weighted by Gasteiger charge is -2.31. The lowest BCUT2D eigenvalue weighted by molar-refractivity contribution is 0.0939. The third kappa shape index (κ3) is 6.28. The van der Waals surface area contributed by atoms with Crippen molar-refractivity contribution in [2.45, 2.75) is 45.6 Å². The summed E-state index contributed by atoms with van der Waals surface area (Å²) in [5, 5.41) is 9.35. The number of hydrogen-bond donors (Lipinski definition) is 3. The van der Waals surface area contributed by atoms with Gasteiger partial charge in [0.05, 0.1) is 16.3 Å². The summed E-state index contributed by atoms with van der Waals surface area (Å²) in [6, 6.07) is 9.89. The molecule has 1 fully saturated rings. The van der Waals surface area contributed by atoms with Crippen LogP contribution in [0.2, 0.25) is 10.0 Å². The first-order valence-electron chi connectivity index (χ1n) is 10.6. The highest BCUT2D eigenvalue weighted by Gasteiger charge is 2.20. The van der Waals surface area contributed by atoms with Gasteiger partial charge in [0, 0.05) is 35.5 Å². The highest BCUT2D eigenvalue weighted by Crippen LogP contribution is 2.28. The quantitative estimate of drug-likeness (QED) is 0.481. The molecule has 3 amide bonds. The Balaban J connectivity index is 1.80. The number of carbonyl (C=O) groups excluding carboxylic acids is 2. The van der Waals surface area contributed by atoms with Crippen molar-refractivity contribution in [3.63, 3.8) is 0 Å². The fourth-order valence-corrected chi connectivity index (χ4v) is 3.94. The standard InChI is InChI=1S/C23H28Cl2N4O2/c1-3-15(2)26-22(30)18-14-17(8-10-21(18)29-11-5-4-6-12-29)27-23(31)28-20-9-7-16(24)13-19(20)25/h7-10,13-15H,3-6,11-12H2,1-2H3,(H,26,30)(H2,27,28,31). The van der Waals surface area contributed by atoms with E-state index in [1.807, 2.05) is 26.0 Å². The number of carbonyl (C=O) groups is 2. The largest absolute Gasteiger partial charge is 0.371 e. The predicted octanol–water partition coefficient (Wildman–Crippen LogP) is 6.16. The van der Waals surface area contributed by atoms with Crippen LogP contribution in [0.25, 0.3) is 0 Å². The van der Waals surface area contributed by atoms with E-state index in [2.05, 4.69) is 20.9 Å². The maximum Gasteiger partial charge on any atom is 0.323 e. The lowest BCUT2D eigenvalue weighted by Crippen LogP contribution is -2.35. The molecule has 8 heteroatoms. The molecule has 1 heterocycles. The number of rotatable bonds is 6. The molecule has 6 nitrogen and oxygen atoms in total. The molecule has 2 aromatic rings. The smallest absolute Gasteiger partial charge is 0.323 e. The van der Waals surface area contributed by atoms with Crippen LogP contribution in [0.5, 0.6) is 0 Å². The Morgan fingerprint density at radius 1 is 1.03 bits per heavy atom. The molecule has 2 aromatic carbocycles. The van der Waals surface area contributed by atoms with Crippen molar-refractivity contribution in [3.05, 3.63) is 52.0 Å². The normalized spacial score (nSPS) is 14.6. The topological polar surface area (TPSA) is 73.5 Å². The molecule has 1 saturated heterocycles. The molecule has 166 valence electrons. The number of halogens is 2. The number of anilines is 3. The Morgan fingerprint density at radius 2 is 1.77 bits per heavy atom. The molecule has 1 aliphatic heterocycles. The van der Waals surface area contributed by atoms with Crippen LogP contribution < -0.4 is 20.9 Å². The highest BCUT2D eigenvalue weighted by molar-refractivity contribution is 6.36. The number of benzene rings is 2. The Kier molecular flexibility index (Phi) is 8.04. The molecule has 0 bridgehead atoms. The average Bonchev–Trinajstić information content (AvgIpc) is 2.76. The van der Waals surface area contributed by atoms with Crippen molar-refractivity contribution in [3.8, 4) is 0 Å². The van der Waals surface area contributed by atoms with E-state index >= 15 is 0 Å². The molecule has 31 heavy (non-hydrogen) atoms. The zero-order valence-electron chi connectivity index (χ0n) is 17.8. The van der Waals surface area contributed by atoms with Crippen LogP contribution >= 0.6 is 23.2 Å². The minimum atomic E-state index is -0.455. The van der Waals surface area contributed by atoms with Crippen LogP contribution in [0.15, 0.2) is 36.4 Å². The van der Waals surface area contributed by atoms with Crippen LogP contribution in [0.4, 0.5) is 21.9 Å². The number of amides is 3. The van der Waals surface area contributed by atoms with Crippen LogP contribution in [-0.4, -0.2) is 31.1 Å². The molecule has 1 unspecified atom stereocenters. The van der Waals surface area contributed by atoms with Gasteiger partial charge in [0.2, 0.25) is 0 Å². The van der Waals surface area contributed by atoms with E-state index in [9.17, 15) is 9.59 Å². The Labute approximate surface area is 193 Å². The molecular weight excluding hydrogens is 435 g/mol. The van der Waals surface area contributed by atoms with Crippen molar-refractivity contribution < 1.29 is 9.59 Å². The minimum Gasteiger partial charge on any atom is -0.371 e. The molecule has 3 N–H and O–H groups in total. The first-order valence-corrected chi connectivity index (χ1v) is 11.4. The molecule has 0 aromatic heterocycles. The summed E-state index contributed by atoms with van der Waals surface area (Å²) in [5.74, 6) is -0.139. The summed E-state index contributed by atoms with van der Waals surface area (Å²) in [6.45, 7) is 5.85. The van der Waals surface area contributed by atoms with Gasteiger partial charge in [0.25, 0.3) is 5.91 Å². The van der Waals surface area contributed by atoms with Gasteiger partial charge in [-0.15, -0.1) is 0 Å². The summed E-state index contributed by atoms with van der Waals surface area (Å²) in [5.41, 5.74) is 2.43. The van der Waals surface area contributed by atoms with Gasteiger partial charge in [-0.3, -0.25) is 4.79 Å². The third-order valence-corrected chi connectivity index (χ3v) is 5.91. The molecule has 1 atom stereocenters. The predicted molar refractivity (Wildman–Crippen MR) is 129 cm³/mol. The van der Waals surface area contributed by atoms with Gasteiger partial charge in [0.1, 0.15) is 0 Å². The first-order chi connectivity index (χ1) is 14.9. The molecule has 3 rings (SSSR count). The number of hydrogen-bond acceptors (Lipinski definition) is 3. The van der Waals surface area contributed by atoms with E-state index in [1.54, 1.807) is 24.3 Å². The summed E-state index contributed by atoms with van der Waals surface area (Å²) in [7, 11) is 0. The van der Waals surface area contributed by atoms with Crippen molar-refractivity contribution in [1.82, 2.24) is 5.32 Å². The van der Waals surface area contributed by atoms with E-state index in [-0.39, 0.29) is 11.9 Å². The first kappa shape index (κ1) is 23.2. The number of urea groups is 1. The van der Waals surface area contributed by atoms with Gasteiger partial charge in [0.15, 0.2) is 0 Å². The molecule has 0 radical (unpaired) electrons. The number of nitrogens with one attached hydrogen (secondary N) is 3. The van der Waals surface area contributed by atoms with E-state index in [4.69, 9.17) is 23.2 Å². The maximum absolute atomic E-state index is 13.0.